The Labute approximate surface area is 293 Å². The number of fused-ring (bicyclic) bond motifs is 5. The fourth-order valence-electron chi connectivity index (χ4n) is 7.17. The minimum absolute atomic E-state index is 0.0110. The number of aliphatic imine (C=N–C) groups is 1. The summed E-state index contributed by atoms with van der Waals surface area (Å²) in [6.07, 6.45) is 22.0. The molecule has 242 valence electrons. The molecule has 4 nitrogen and oxygen atoms in total. The molecule has 0 saturated heterocycles. The topological polar surface area (TPSA) is 59.1 Å². The van der Waals surface area contributed by atoms with Gasteiger partial charge in [0.15, 0.2) is 0 Å². The van der Waals surface area contributed by atoms with Crippen LogP contribution in [0, 0.1) is 5.92 Å². The number of rotatable bonds is 4. The predicted octanol–water partition coefficient (Wildman–Crippen LogP) is 8.15. The fraction of sp³-hybridized carbons (Fsp3) is 0.0652. The summed E-state index contributed by atoms with van der Waals surface area (Å²) >= 11 is 0. The van der Waals surface area contributed by atoms with Crippen LogP contribution in [-0.2, 0) is 7.05 Å². The maximum Gasteiger partial charge on any atom is 0.0737 e. The molecule has 0 saturated carbocycles. The van der Waals surface area contributed by atoms with Crippen LogP contribution in [0.1, 0.15) is 34.5 Å². The van der Waals surface area contributed by atoms with E-state index in [9.17, 15) is 0 Å². The Balaban J connectivity index is 1.45. The van der Waals surface area contributed by atoms with Crippen molar-refractivity contribution in [1.82, 2.24) is 9.55 Å². The molecule has 4 heteroatoms. The van der Waals surface area contributed by atoms with E-state index in [1.54, 1.807) is 0 Å². The Morgan fingerprint density at radius 3 is 1.90 bits per heavy atom. The minimum Gasteiger partial charge on any atom is -0.398 e. The molecule has 3 aliphatic rings. The summed E-state index contributed by atoms with van der Waals surface area (Å²) in [5, 5.41) is 2.25. The molecule has 2 aliphatic heterocycles. The zero-order valence-corrected chi connectivity index (χ0v) is 28.0. The van der Waals surface area contributed by atoms with Crippen LogP contribution in [-0.4, -0.2) is 15.3 Å². The summed E-state index contributed by atoms with van der Waals surface area (Å²) in [5.41, 5.74) is 19.3. The molecular weight excluding hydrogens is 609 g/mol. The molecular formula is C46H38N4. The molecule has 0 fully saturated rings. The fourth-order valence-corrected chi connectivity index (χ4v) is 7.17. The summed E-state index contributed by atoms with van der Waals surface area (Å²) in [5.74, 6) is -0.0110. The first kappa shape index (κ1) is 30.9. The number of nitrogens with one attached hydrogen (secondary N) is 1. The number of hydrogen-bond acceptors (Lipinski definition) is 2. The molecule has 6 bridgehead atoms. The van der Waals surface area contributed by atoms with Gasteiger partial charge in [0.1, 0.15) is 0 Å². The van der Waals surface area contributed by atoms with Crippen molar-refractivity contribution < 1.29 is 0 Å². The van der Waals surface area contributed by atoms with Gasteiger partial charge < -0.3 is 15.3 Å². The van der Waals surface area contributed by atoms with Gasteiger partial charge in [-0.05, 0) is 71.2 Å². The largest absolute Gasteiger partial charge is 0.398 e. The highest BCUT2D eigenvalue weighted by Crippen LogP contribution is 2.35. The van der Waals surface area contributed by atoms with Crippen molar-refractivity contribution in [3.63, 3.8) is 0 Å². The van der Waals surface area contributed by atoms with Crippen molar-refractivity contribution in [3.05, 3.63) is 226 Å². The highest BCUT2D eigenvalue weighted by Gasteiger charge is 2.22. The molecule has 0 atom stereocenters. The first-order valence-corrected chi connectivity index (χ1v) is 17.1. The maximum atomic E-state index is 7.06. The molecule has 1 aliphatic carbocycles. The van der Waals surface area contributed by atoms with Crippen LogP contribution < -0.4 is 16.4 Å². The zero-order chi connectivity index (χ0) is 33.9. The predicted molar refractivity (Wildman–Crippen MR) is 208 cm³/mol. The third-order valence-electron chi connectivity index (χ3n) is 9.57. The quantitative estimate of drug-likeness (QED) is 0.204. The van der Waals surface area contributed by atoms with E-state index in [4.69, 9.17) is 10.7 Å². The number of nitrogens with two attached hydrogens (primary N) is 1. The highest BCUT2D eigenvalue weighted by atomic mass is 14.9. The first-order chi connectivity index (χ1) is 24.7. The molecule has 3 aromatic carbocycles. The molecule has 3 N–H and O–H groups in total. The van der Waals surface area contributed by atoms with E-state index < -0.39 is 0 Å². The van der Waals surface area contributed by atoms with E-state index in [-0.39, 0.29) is 5.92 Å². The average molecular weight is 647 g/mol. The standard InChI is InChI=1S/C46H38N4/c1-50-42-30-31-43(50)46(35-22-13-6-14-23-35)41-29-28-40(49-41)45(34-20-11-5-12-21-34)39-27-26-38(48-39)44(33-18-7-2-3-8-19-33)37(47)25-15-24-36(42)32-16-9-4-10-17-32/h2-23,25-31,33,48H,24,47H2,1H3/b25-15-,42-36+,44-37-,45-40-,46-43-. The van der Waals surface area contributed by atoms with Gasteiger partial charge in [0.05, 0.1) is 16.8 Å². The molecule has 0 spiro atoms. The van der Waals surface area contributed by atoms with Gasteiger partial charge in [0.2, 0.25) is 0 Å². The minimum atomic E-state index is -0.0110. The van der Waals surface area contributed by atoms with Gasteiger partial charge in [-0.2, -0.15) is 0 Å². The van der Waals surface area contributed by atoms with Crippen LogP contribution in [0.25, 0.3) is 22.3 Å². The Hall–Kier alpha value is -6.39. The number of benzene rings is 3. The Morgan fingerprint density at radius 2 is 1.22 bits per heavy atom. The van der Waals surface area contributed by atoms with Crippen molar-refractivity contribution in [3.8, 4) is 0 Å². The van der Waals surface area contributed by atoms with Crippen molar-refractivity contribution in [1.29, 1.82) is 0 Å². The number of hydrogen-bond donors (Lipinski definition) is 2. The van der Waals surface area contributed by atoms with Crippen LogP contribution >= 0.6 is 0 Å². The third-order valence-corrected chi connectivity index (χ3v) is 9.57. The second kappa shape index (κ2) is 13.6. The Morgan fingerprint density at radius 1 is 0.620 bits per heavy atom. The van der Waals surface area contributed by atoms with E-state index >= 15 is 0 Å². The van der Waals surface area contributed by atoms with Gasteiger partial charge in [-0.25, -0.2) is 4.99 Å². The van der Waals surface area contributed by atoms with Gasteiger partial charge in [-0.3, -0.25) is 0 Å². The van der Waals surface area contributed by atoms with Crippen LogP contribution in [0.15, 0.2) is 192 Å². The second-order valence-corrected chi connectivity index (χ2v) is 12.6. The summed E-state index contributed by atoms with van der Waals surface area (Å²) in [4.78, 5) is 9.19. The number of nitrogens with zero attached hydrogens (tertiary/aromatic N) is 2. The average Bonchev–Trinajstić information content (AvgIpc) is 3.86. The molecule has 0 amide bonds. The molecule has 0 unspecified atom stereocenters. The Kier molecular flexibility index (Phi) is 8.42. The second-order valence-electron chi connectivity index (χ2n) is 12.6. The third kappa shape index (κ3) is 5.93. The number of aromatic nitrogens is 2. The van der Waals surface area contributed by atoms with Gasteiger partial charge >= 0.3 is 0 Å². The smallest absolute Gasteiger partial charge is 0.0737 e. The highest BCUT2D eigenvalue weighted by molar-refractivity contribution is 6.30. The van der Waals surface area contributed by atoms with Crippen LogP contribution in [0.3, 0.4) is 0 Å². The Bertz CT molecular complexity index is 2420. The van der Waals surface area contributed by atoms with Crippen LogP contribution in [0.2, 0.25) is 0 Å². The zero-order valence-electron chi connectivity index (χ0n) is 28.0. The molecule has 5 aromatic rings. The SMILES string of the molecule is Cn1/c2cc/c1=C(\c1ccccc1)C/C=C\C(N)=C(/C1C=CC=CC=C1)c1ccc([nH]1)/C(c1ccccc1)=C1/C=CC(=N1)/C=2c1ccccc1. The van der Waals surface area contributed by atoms with Gasteiger partial charge in [-0.15, -0.1) is 0 Å². The van der Waals surface area contributed by atoms with Crippen LogP contribution in [0.4, 0.5) is 0 Å². The lowest BCUT2D eigenvalue weighted by Crippen LogP contribution is -2.28. The van der Waals surface area contributed by atoms with E-state index in [2.05, 4.69) is 187 Å². The van der Waals surface area contributed by atoms with E-state index in [0.29, 0.717) is 6.42 Å². The van der Waals surface area contributed by atoms with Crippen LogP contribution in [0.5, 0.6) is 0 Å². The summed E-state index contributed by atoms with van der Waals surface area (Å²) in [7, 11) is 2.16. The van der Waals surface area contributed by atoms with Gasteiger partial charge in [0.25, 0.3) is 0 Å². The van der Waals surface area contributed by atoms with Gasteiger partial charge in [-0.1, -0.05) is 134 Å². The van der Waals surface area contributed by atoms with E-state index in [1.807, 2.05) is 6.07 Å². The number of H-pyrrole nitrogens is 1. The summed E-state index contributed by atoms with van der Waals surface area (Å²) in [6.45, 7) is 0. The van der Waals surface area contributed by atoms with Crippen molar-refractivity contribution >= 4 is 28.0 Å². The molecule has 2 aromatic heterocycles. The lowest BCUT2D eigenvalue weighted by atomic mass is 9.93. The van der Waals surface area contributed by atoms with Gasteiger partial charge in [0, 0.05) is 52.1 Å². The lowest BCUT2D eigenvalue weighted by Gasteiger charge is -2.15. The molecule has 0 radical (unpaired) electrons. The van der Waals surface area contributed by atoms with Crippen molar-refractivity contribution in [2.45, 2.75) is 6.42 Å². The molecule has 50 heavy (non-hydrogen) atoms. The first-order valence-electron chi connectivity index (χ1n) is 17.1. The lowest BCUT2D eigenvalue weighted by molar-refractivity contribution is 0.851. The maximum absolute atomic E-state index is 7.06. The summed E-state index contributed by atoms with van der Waals surface area (Å²) < 4.78 is 2.31. The normalized spacial score (nSPS) is 22.0. The van der Waals surface area contributed by atoms with Crippen molar-refractivity contribution in [2.75, 3.05) is 0 Å². The van der Waals surface area contributed by atoms with Crippen molar-refractivity contribution in [2.24, 2.45) is 23.7 Å². The molecule has 4 heterocycles. The summed E-state index contributed by atoms with van der Waals surface area (Å²) in [6, 6.07) is 40.5. The number of aromatic amines is 1. The van der Waals surface area contributed by atoms with E-state index in [0.717, 1.165) is 67.0 Å². The monoisotopic (exact) mass is 646 g/mol. The van der Waals surface area contributed by atoms with E-state index in [1.165, 1.54) is 11.1 Å². The number of allylic oxidation sites excluding steroid dienone is 11. The molecule has 8 rings (SSSR count).